The number of halogens is 1. The minimum atomic E-state index is -4.30. The van der Waals surface area contributed by atoms with Gasteiger partial charge in [-0.2, -0.15) is 0 Å². The number of anilines is 1. The topological polar surface area (TPSA) is 130 Å². The van der Waals surface area contributed by atoms with Gasteiger partial charge in [0.05, 0.1) is 15.5 Å². The molecular weight excluding hydrogens is 563 g/mol. The minimum Gasteiger partial charge on any atom is -0.352 e. The molecule has 1 atom stereocenters. The Hall–Kier alpha value is -4.32. The highest BCUT2D eigenvalue weighted by Gasteiger charge is 2.34. The average molecular weight is 597 g/mol. The molecule has 1 N–H and O–H groups in total. The summed E-state index contributed by atoms with van der Waals surface area (Å²) in [6.45, 7) is 1.03. The number of nitro benzene ring substituents is 1. The first-order chi connectivity index (χ1) is 20.1. The van der Waals surface area contributed by atoms with Gasteiger partial charge in [0.15, 0.2) is 0 Å². The Kier molecular flexibility index (Phi) is 9.89. The number of carbonyl (C=O) groups is 2. The maximum Gasteiger partial charge on any atom is 0.269 e. The zero-order valence-corrected chi connectivity index (χ0v) is 24.0. The Balaban J connectivity index is 1.71. The lowest BCUT2D eigenvalue weighted by Gasteiger charge is -2.33. The highest BCUT2D eigenvalue weighted by Crippen LogP contribution is 2.27. The lowest BCUT2D eigenvalue weighted by Crippen LogP contribution is -2.53. The van der Waals surface area contributed by atoms with Crippen LogP contribution in [-0.4, -0.2) is 48.7 Å². The number of non-ortho nitro benzene ring substituents is 1. The smallest absolute Gasteiger partial charge is 0.269 e. The highest BCUT2D eigenvalue weighted by atomic mass is 32.2. The molecule has 0 bridgehead atoms. The van der Waals surface area contributed by atoms with E-state index in [2.05, 4.69) is 5.32 Å². The standard InChI is InChI=1S/C30H33FN4O6S/c1-2-28(30(37)32-24-8-6-7-9-24)33(20-22-12-14-23(31)15-13-22)29(36)21-34(25-16-18-26(19-17-25)35(38)39)42(40,41)27-10-4-3-5-11-27/h3-5,10-19,24,28H,2,6-9,20-21H2,1H3,(H,32,37)/t28-/m1/s1. The molecule has 0 unspecified atom stereocenters. The number of hydrogen-bond acceptors (Lipinski definition) is 6. The summed E-state index contributed by atoms with van der Waals surface area (Å²) in [4.78, 5) is 39.3. The van der Waals surface area contributed by atoms with E-state index in [9.17, 15) is 32.5 Å². The SMILES string of the molecule is CC[C@H](C(=O)NC1CCCC1)N(Cc1ccc(F)cc1)C(=O)CN(c1ccc([N+](=O)[O-])cc1)S(=O)(=O)c1ccccc1. The van der Waals surface area contributed by atoms with Gasteiger partial charge in [-0.1, -0.05) is 50.1 Å². The van der Waals surface area contributed by atoms with Crippen molar-refractivity contribution in [2.45, 2.75) is 62.6 Å². The normalized spacial score (nSPS) is 14.2. The number of nitrogens with zero attached hydrogens (tertiary/aromatic N) is 3. The van der Waals surface area contributed by atoms with Crippen molar-refractivity contribution in [2.75, 3.05) is 10.8 Å². The lowest BCUT2D eigenvalue weighted by atomic mass is 10.1. The van der Waals surface area contributed by atoms with Crippen molar-refractivity contribution in [1.82, 2.24) is 10.2 Å². The van der Waals surface area contributed by atoms with Gasteiger partial charge in [0.2, 0.25) is 11.8 Å². The number of sulfonamides is 1. The van der Waals surface area contributed by atoms with Crippen molar-refractivity contribution in [1.29, 1.82) is 0 Å². The summed E-state index contributed by atoms with van der Waals surface area (Å²) in [6.07, 6.45) is 3.95. The molecule has 12 heteroatoms. The van der Waals surface area contributed by atoms with Crippen molar-refractivity contribution in [2.24, 2.45) is 0 Å². The molecule has 1 aliphatic rings. The molecular formula is C30H33FN4O6S. The Labute approximate surface area is 244 Å². The van der Waals surface area contributed by atoms with E-state index in [0.717, 1.165) is 42.1 Å². The summed E-state index contributed by atoms with van der Waals surface area (Å²) in [5, 5.41) is 14.2. The van der Waals surface area contributed by atoms with E-state index in [1.54, 1.807) is 25.1 Å². The van der Waals surface area contributed by atoms with Crippen molar-refractivity contribution in [3.05, 3.63) is 100 Å². The second kappa shape index (κ2) is 13.6. The molecule has 0 radical (unpaired) electrons. The predicted octanol–water partition coefficient (Wildman–Crippen LogP) is 4.80. The molecule has 0 aliphatic heterocycles. The Morgan fingerprint density at radius 3 is 2.19 bits per heavy atom. The van der Waals surface area contributed by atoms with Crippen LogP contribution >= 0.6 is 0 Å². The highest BCUT2D eigenvalue weighted by molar-refractivity contribution is 7.92. The third kappa shape index (κ3) is 7.30. The number of hydrogen-bond donors (Lipinski definition) is 1. The van der Waals surface area contributed by atoms with Gasteiger partial charge in [0.25, 0.3) is 15.7 Å². The van der Waals surface area contributed by atoms with Crippen molar-refractivity contribution in [3.8, 4) is 0 Å². The van der Waals surface area contributed by atoms with Crippen molar-refractivity contribution >= 4 is 33.2 Å². The van der Waals surface area contributed by atoms with Gasteiger partial charge in [0.1, 0.15) is 18.4 Å². The first-order valence-electron chi connectivity index (χ1n) is 13.8. The van der Waals surface area contributed by atoms with Crippen LogP contribution in [0.4, 0.5) is 15.8 Å². The molecule has 3 aromatic carbocycles. The lowest BCUT2D eigenvalue weighted by molar-refractivity contribution is -0.384. The van der Waals surface area contributed by atoms with Gasteiger partial charge < -0.3 is 10.2 Å². The zero-order chi connectivity index (χ0) is 30.3. The number of nitrogens with one attached hydrogen (secondary N) is 1. The van der Waals surface area contributed by atoms with Gasteiger partial charge in [-0.3, -0.25) is 24.0 Å². The fourth-order valence-corrected chi connectivity index (χ4v) is 6.50. The number of rotatable bonds is 12. The van der Waals surface area contributed by atoms with E-state index in [1.807, 2.05) is 0 Å². The maximum atomic E-state index is 14.1. The molecule has 4 rings (SSSR count). The Bertz CT molecular complexity index is 1500. The van der Waals surface area contributed by atoms with Crippen LogP contribution in [0, 0.1) is 15.9 Å². The van der Waals surface area contributed by atoms with E-state index in [-0.39, 0.29) is 41.2 Å². The summed E-state index contributed by atoms with van der Waals surface area (Å²) >= 11 is 0. The third-order valence-electron chi connectivity index (χ3n) is 7.31. The summed E-state index contributed by atoms with van der Waals surface area (Å²) in [7, 11) is -4.30. The third-order valence-corrected chi connectivity index (χ3v) is 9.10. The fourth-order valence-electron chi connectivity index (χ4n) is 5.06. The molecule has 0 heterocycles. The summed E-state index contributed by atoms with van der Waals surface area (Å²) in [6, 6.07) is 17.0. The van der Waals surface area contributed by atoms with Crippen LogP contribution in [0.5, 0.6) is 0 Å². The fraction of sp³-hybridized carbons (Fsp3) is 0.333. The zero-order valence-electron chi connectivity index (χ0n) is 23.2. The van der Waals surface area contributed by atoms with Crippen LogP contribution in [-0.2, 0) is 26.2 Å². The van der Waals surface area contributed by atoms with E-state index >= 15 is 0 Å². The molecule has 1 fully saturated rings. The quantitative estimate of drug-likeness (QED) is 0.236. The molecule has 0 saturated heterocycles. The Morgan fingerprint density at radius 1 is 1.00 bits per heavy atom. The first-order valence-corrected chi connectivity index (χ1v) is 15.2. The van der Waals surface area contributed by atoms with Gasteiger partial charge >= 0.3 is 0 Å². The van der Waals surface area contributed by atoms with E-state index < -0.39 is 39.3 Å². The van der Waals surface area contributed by atoms with Crippen molar-refractivity contribution in [3.63, 3.8) is 0 Å². The summed E-state index contributed by atoms with van der Waals surface area (Å²) in [5.74, 6) is -1.46. The van der Waals surface area contributed by atoms with E-state index in [1.165, 1.54) is 53.4 Å². The van der Waals surface area contributed by atoms with Gasteiger partial charge in [-0.15, -0.1) is 0 Å². The largest absolute Gasteiger partial charge is 0.352 e. The maximum absolute atomic E-state index is 14.1. The van der Waals surface area contributed by atoms with Crippen LogP contribution < -0.4 is 9.62 Å². The van der Waals surface area contributed by atoms with Crippen LogP contribution in [0.15, 0.2) is 83.8 Å². The molecule has 1 aliphatic carbocycles. The van der Waals surface area contributed by atoms with Crippen LogP contribution in [0.25, 0.3) is 0 Å². The number of amides is 2. The number of carbonyl (C=O) groups excluding carboxylic acids is 2. The molecule has 0 aromatic heterocycles. The second-order valence-electron chi connectivity index (χ2n) is 10.2. The van der Waals surface area contributed by atoms with Crippen LogP contribution in [0.2, 0.25) is 0 Å². The van der Waals surface area contributed by atoms with Crippen molar-refractivity contribution < 1.29 is 27.3 Å². The summed E-state index contributed by atoms with van der Waals surface area (Å²) < 4.78 is 42.1. The molecule has 0 spiro atoms. The number of nitro groups is 1. The predicted molar refractivity (Wildman–Crippen MR) is 155 cm³/mol. The van der Waals surface area contributed by atoms with E-state index in [4.69, 9.17) is 0 Å². The molecule has 3 aromatic rings. The van der Waals surface area contributed by atoms with Crippen LogP contribution in [0.1, 0.15) is 44.6 Å². The second-order valence-corrected chi connectivity index (χ2v) is 12.0. The molecule has 2 amide bonds. The monoisotopic (exact) mass is 596 g/mol. The Morgan fingerprint density at radius 2 is 1.62 bits per heavy atom. The van der Waals surface area contributed by atoms with Gasteiger partial charge in [-0.05, 0) is 61.2 Å². The number of benzene rings is 3. The molecule has 1 saturated carbocycles. The van der Waals surface area contributed by atoms with Gasteiger partial charge in [-0.25, -0.2) is 12.8 Å². The van der Waals surface area contributed by atoms with Crippen LogP contribution in [0.3, 0.4) is 0 Å². The summed E-state index contributed by atoms with van der Waals surface area (Å²) in [5.41, 5.74) is 0.363. The average Bonchev–Trinajstić information content (AvgIpc) is 3.50. The minimum absolute atomic E-state index is 0.00406. The van der Waals surface area contributed by atoms with Gasteiger partial charge in [0, 0.05) is 24.7 Å². The molecule has 42 heavy (non-hydrogen) atoms. The molecule has 10 nitrogen and oxygen atoms in total. The van der Waals surface area contributed by atoms with E-state index in [0.29, 0.717) is 5.56 Å². The first kappa shape index (κ1) is 30.6. The molecule has 222 valence electrons.